The first kappa shape index (κ1) is 13.1. The van der Waals surface area contributed by atoms with Crippen molar-refractivity contribution in [3.8, 4) is 11.8 Å². The van der Waals surface area contributed by atoms with Crippen molar-refractivity contribution in [2.24, 2.45) is 5.73 Å². The minimum absolute atomic E-state index is 0.316. The predicted molar refractivity (Wildman–Crippen MR) is 78.6 cm³/mol. The number of aromatic amines is 1. The van der Waals surface area contributed by atoms with Gasteiger partial charge in [0.25, 0.3) is 0 Å². The predicted octanol–water partition coefficient (Wildman–Crippen LogP) is 1.98. The average Bonchev–Trinajstić information content (AvgIpc) is 2.85. The van der Waals surface area contributed by atoms with Crippen molar-refractivity contribution >= 4 is 5.82 Å². The summed E-state index contributed by atoms with van der Waals surface area (Å²) in [6.07, 6.45) is 0. The highest BCUT2D eigenvalue weighted by atomic mass is 16.5. The van der Waals surface area contributed by atoms with Crippen molar-refractivity contribution in [3.05, 3.63) is 52.7 Å². The second-order valence-electron chi connectivity index (χ2n) is 4.82. The standard InChI is InChI=1S/C15H15N5O/c1-8-18-13-12(9-5-3-4-6-11(9)21-2)10(7-16)14(17)20-15(13)19-8/h3-6,12,20H,17H2,1-2H3,(H,18,19)/t12-/m1/s1. The van der Waals surface area contributed by atoms with Gasteiger partial charge in [-0.25, -0.2) is 4.98 Å². The third-order valence-electron chi connectivity index (χ3n) is 3.54. The second kappa shape index (κ2) is 4.87. The van der Waals surface area contributed by atoms with E-state index in [1.54, 1.807) is 7.11 Å². The number of methoxy groups -OCH3 is 1. The molecule has 2 aromatic rings. The number of allylic oxidation sites excluding steroid dienone is 1. The summed E-state index contributed by atoms with van der Waals surface area (Å²) < 4.78 is 5.42. The number of aromatic nitrogens is 2. The molecule has 4 N–H and O–H groups in total. The van der Waals surface area contributed by atoms with E-state index in [1.807, 2.05) is 31.2 Å². The van der Waals surface area contributed by atoms with Crippen LogP contribution in [0, 0.1) is 18.3 Å². The highest BCUT2D eigenvalue weighted by Gasteiger charge is 2.33. The number of nitrogens with zero attached hydrogens (tertiary/aromatic N) is 2. The molecule has 0 radical (unpaired) electrons. The largest absolute Gasteiger partial charge is 0.496 e. The Morgan fingerprint density at radius 2 is 2.14 bits per heavy atom. The number of H-pyrrole nitrogens is 1. The number of nitrogens with one attached hydrogen (secondary N) is 2. The Bertz CT molecular complexity index is 769. The maximum Gasteiger partial charge on any atom is 0.154 e. The van der Waals surface area contributed by atoms with E-state index in [2.05, 4.69) is 21.4 Å². The van der Waals surface area contributed by atoms with Gasteiger partial charge in [0.05, 0.1) is 30.4 Å². The molecule has 0 spiro atoms. The van der Waals surface area contributed by atoms with Crippen LogP contribution in [0.5, 0.6) is 5.75 Å². The summed E-state index contributed by atoms with van der Waals surface area (Å²) in [5.74, 6) is 2.14. The number of benzene rings is 1. The van der Waals surface area contributed by atoms with Crippen LogP contribution in [0.15, 0.2) is 35.7 Å². The van der Waals surface area contributed by atoms with Crippen LogP contribution in [0.1, 0.15) is 23.0 Å². The zero-order valence-corrected chi connectivity index (χ0v) is 11.8. The summed E-state index contributed by atoms with van der Waals surface area (Å²) in [7, 11) is 1.61. The first-order valence-corrected chi connectivity index (χ1v) is 6.52. The van der Waals surface area contributed by atoms with E-state index < -0.39 is 0 Å². The molecule has 106 valence electrons. The van der Waals surface area contributed by atoms with E-state index in [-0.39, 0.29) is 5.92 Å². The minimum Gasteiger partial charge on any atom is -0.496 e. The molecule has 0 fully saturated rings. The Balaban J connectivity index is 2.25. The summed E-state index contributed by atoms with van der Waals surface area (Å²) in [4.78, 5) is 7.58. The van der Waals surface area contributed by atoms with Crippen molar-refractivity contribution in [1.29, 1.82) is 5.26 Å². The Labute approximate surface area is 122 Å². The molecule has 0 unspecified atom stereocenters. The fourth-order valence-corrected chi connectivity index (χ4v) is 2.65. The Morgan fingerprint density at radius 1 is 1.38 bits per heavy atom. The lowest BCUT2D eigenvalue weighted by molar-refractivity contribution is 0.409. The zero-order chi connectivity index (χ0) is 15.0. The lowest BCUT2D eigenvalue weighted by atomic mass is 9.86. The van der Waals surface area contributed by atoms with Gasteiger partial charge in [0.2, 0.25) is 0 Å². The number of hydrogen-bond acceptors (Lipinski definition) is 5. The number of ether oxygens (including phenoxy) is 1. The normalized spacial score (nSPS) is 16.9. The number of nitrogens with two attached hydrogens (primary N) is 1. The molecule has 0 saturated carbocycles. The molecule has 0 amide bonds. The summed E-state index contributed by atoms with van der Waals surface area (Å²) >= 11 is 0. The van der Waals surface area contributed by atoms with Crippen LogP contribution in [-0.2, 0) is 0 Å². The van der Waals surface area contributed by atoms with E-state index >= 15 is 0 Å². The molecule has 6 nitrogen and oxygen atoms in total. The first-order valence-electron chi connectivity index (χ1n) is 6.52. The van der Waals surface area contributed by atoms with Crippen LogP contribution in [0.3, 0.4) is 0 Å². The van der Waals surface area contributed by atoms with E-state index in [1.165, 1.54) is 0 Å². The van der Waals surface area contributed by atoms with Crippen LogP contribution in [-0.4, -0.2) is 17.1 Å². The monoisotopic (exact) mass is 281 g/mol. The molecule has 1 atom stereocenters. The van der Waals surface area contributed by atoms with Crippen LogP contribution < -0.4 is 15.8 Å². The Hall–Kier alpha value is -2.94. The Morgan fingerprint density at radius 3 is 2.86 bits per heavy atom. The molecule has 1 aromatic heterocycles. The van der Waals surface area contributed by atoms with Crippen LogP contribution >= 0.6 is 0 Å². The molecule has 6 heteroatoms. The van der Waals surface area contributed by atoms with E-state index in [9.17, 15) is 5.26 Å². The van der Waals surface area contributed by atoms with Gasteiger partial charge in [0.1, 0.15) is 17.4 Å². The van der Waals surface area contributed by atoms with Gasteiger partial charge in [-0.05, 0) is 13.0 Å². The molecule has 0 aliphatic carbocycles. The highest BCUT2D eigenvalue weighted by Crippen LogP contribution is 2.42. The SMILES string of the molecule is COc1ccccc1[C@@H]1C(C#N)=C(N)Nc2nc(C)[nH]c21. The third kappa shape index (κ3) is 1.99. The highest BCUT2D eigenvalue weighted by molar-refractivity contribution is 5.64. The number of nitriles is 1. The fraction of sp³-hybridized carbons (Fsp3) is 0.200. The smallest absolute Gasteiger partial charge is 0.154 e. The number of imidazole rings is 1. The van der Waals surface area contributed by atoms with Gasteiger partial charge >= 0.3 is 0 Å². The fourth-order valence-electron chi connectivity index (χ4n) is 2.65. The van der Waals surface area contributed by atoms with Gasteiger partial charge in [-0.2, -0.15) is 5.26 Å². The lowest BCUT2D eigenvalue weighted by Crippen LogP contribution is -2.23. The van der Waals surface area contributed by atoms with E-state index in [4.69, 9.17) is 10.5 Å². The molecule has 21 heavy (non-hydrogen) atoms. The van der Waals surface area contributed by atoms with Gasteiger partial charge in [0, 0.05) is 5.56 Å². The molecule has 2 heterocycles. The molecule has 0 saturated heterocycles. The number of aryl methyl sites for hydroxylation is 1. The van der Waals surface area contributed by atoms with Crippen LogP contribution in [0.2, 0.25) is 0 Å². The van der Waals surface area contributed by atoms with Crippen molar-refractivity contribution in [3.63, 3.8) is 0 Å². The van der Waals surface area contributed by atoms with Crippen molar-refractivity contribution < 1.29 is 4.74 Å². The molecule has 3 rings (SSSR count). The number of para-hydroxylation sites is 1. The summed E-state index contributed by atoms with van der Waals surface area (Å²) in [6.45, 7) is 1.86. The average molecular weight is 281 g/mol. The molecular weight excluding hydrogens is 266 g/mol. The zero-order valence-electron chi connectivity index (χ0n) is 11.8. The molecule has 1 aliphatic rings. The maximum atomic E-state index is 9.49. The van der Waals surface area contributed by atoms with Crippen molar-refractivity contribution in [2.45, 2.75) is 12.8 Å². The molecule has 1 aromatic carbocycles. The molecule has 1 aliphatic heterocycles. The third-order valence-corrected chi connectivity index (χ3v) is 3.54. The van der Waals surface area contributed by atoms with Gasteiger partial charge in [-0.1, -0.05) is 18.2 Å². The molecule has 0 bridgehead atoms. The maximum absolute atomic E-state index is 9.49. The topological polar surface area (TPSA) is 99.8 Å². The van der Waals surface area contributed by atoms with Gasteiger partial charge in [-0.3, -0.25) is 0 Å². The van der Waals surface area contributed by atoms with Gasteiger partial charge in [-0.15, -0.1) is 0 Å². The second-order valence-corrected chi connectivity index (χ2v) is 4.82. The van der Waals surface area contributed by atoms with E-state index in [0.717, 1.165) is 17.1 Å². The first-order chi connectivity index (χ1) is 10.2. The molecular formula is C15H15N5O. The number of anilines is 1. The van der Waals surface area contributed by atoms with Crippen LogP contribution in [0.25, 0.3) is 0 Å². The number of hydrogen-bond donors (Lipinski definition) is 3. The minimum atomic E-state index is -0.316. The summed E-state index contributed by atoms with van der Waals surface area (Å²) in [5.41, 5.74) is 8.14. The van der Waals surface area contributed by atoms with Crippen molar-refractivity contribution in [1.82, 2.24) is 9.97 Å². The summed E-state index contributed by atoms with van der Waals surface area (Å²) in [5, 5.41) is 12.5. The lowest BCUT2D eigenvalue weighted by Gasteiger charge is -2.25. The number of rotatable bonds is 2. The quantitative estimate of drug-likeness (QED) is 0.781. The summed E-state index contributed by atoms with van der Waals surface area (Å²) in [6, 6.07) is 9.79. The van der Waals surface area contributed by atoms with Gasteiger partial charge < -0.3 is 20.8 Å². The van der Waals surface area contributed by atoms with Crippen molar-refractivity contribution in [2.75, 3.05) is 12.4 Å². The van der Waals surface area contributed by atoms with E-state index in [0.29, 0.717) is 23.0 Å². The Kier molecular flexibility index (Phi) is 3.03. The number of fused-ring (bicyclic) bond motifs is 1. The van der Waals surface area contributed by atoms with Gasteiger partial charge in [0.15, 0.2) is 5.82 Å². The van der Waals surface area contributed by atoms with Crippen LogP contribution in [0.4, 0.5) is 5.82 Å².